The first-order valence-corrected chi connectivity index (χ1v) is 9.69. The second-order valence-corrected chi connectivity index (χ2v) is 7.41. The van der Waals surface area contributed by atoms with Gasteiger partial charge in [-0.05, 0) is 67.3 Å². The molecular formula is C19H24N6O3. The molecule has 1 aromatic heterocycles. The van der Waals surface area contributed by atoms with Crippen molar-refractivity contribution in [1.82, 2.24) is 30.4 Å². The third-order valence-corrected chi connectivity index (χ3v) is 5.14. The van der Waals surface area contributed by atoms with Gasteiger partial charge in [-0.1, -0.05) is 0 Å². The summed E-state index contributed by atoms with van der Waals surface area (Å²) in [5.74, 6) is 0.457. The van der Waals surface area contributed by atoms with Gasteiger partial charge in [0.2, 0.25) is 5.91 Å². The molecule has 1 saturated heterocycles. The third-order valence-electron chi connectivity index (χ3n) is 5.14. The molecule has 1 aliphatic carbocycles. The molecule has 2 amide bonds. The third kappa shape index (κ3) is 4.29. The summed E-state index contributed by atoms with van der Waals surface area (Å²) in [7, 11) is 0. The lowest BCUT2D eigenvalue weighted by atomic mass is 9.96. The molecule has 0 bridgehead atoms. The Morgan fingerprint density at radius 3 is 2.68 bits per heavy atom. The molecule has 2 atom stereocenters. The van der Waals surface area contributed by atoms with Gasteiger partial charge in [-0.2, -0.15) is 0 Å². The van der Waals surface area contributed by atoms with E-state index in [-0.39, 0.29) is 17.7 Å². The zero-order valence-electron chi connectivity index (χ0n) is 15.8. The molecule has 2 unspecified atom stereocenters. The SMILES string of the molecule is CC(Oc1ccc(-n2cnnn2)cc1)C(=O)N1CCCC(C(=O)NC2CC2)C1. The maximum absolute atomic E-state index is 12.8. The fraction of sp³-hybridized carbons (Fsp3) is 0.526. The molecule has 1 saturated carbocycles. The summed E-state index contributed by atoms with van der Waals surface area (Å²) in [6, 6.07) is 7.55. The average molecular weight is 384 g/mol. The van der Waals surface area contributed by atoms with Gasteiger partial charge < -0.3 is 15.0 Å². The van der Waals surface area contributed by atoms with Gasteiger partial charge in [0.1, 0.15) is 12.1 Å². The summed E-state index contributed by atoms with van der Waals surface area (Å²) in [6.07, 6.45) is 4.69. The summed E-state index contributed by atoms with van der Waals surface area (Å²) >= 11 is 0. The van der Waals surface area contributed by atoms with Crippen LogP contribution in [0, 0.1) is 5.92 Å². The molecular weight excluding hydrogens is 360 g/mol. The monoisotopic (exact) mass is 384 g/mol. The molecule has 2 aliphatic rings. The van der Waals surface area contributed by atoms with Crippen LogP contribution in [0.1, 0.15) is 32.6 Å². The fourth-order valence-corrected chi connectivity index (χ4v) is 3.41. The minimum atomic E-state index is -0.621. The highest BCUT2D eigenvalue weighted by Crippen LogP contribution is 2.23. The van der Waals surface area contributed by atoms with E-state index < -0.39 is 6.10 Å². The number of nitrogens with zero attached hydrogens (tertiary/aromatic N) is 5. The average Bonchev–Trinajstić information content (AvgIpc) is 3.36. The van der Waals surface area contributed by atoms with E-state index in [1.807, 2.05) is 12.1 Å². The molecule has 1 aromatic carbocycles. The molecule has 148 valence electrons. The molecule has 2 fully saturated rings. The van der Waals surface area contributed by atoms with Gasteiger partial charge in [0.15, 0.2) is 6.10 Å². The Morgan fingerprint density at radius 2 is 2.00 bits per heavy atom. The van der Waals surface area contributed by atoms with E-state index >= 15 is 0 Å². The van der Waals surface area contributed by atoms with Crippen LogP contribution in [-0.2, 0) is 9.59 Å². The van der Waals surface area contributed by atoms with Crippen molar-refractivity contribution in [2.75, 3.05) is 13.1 Å². The normalized spacial score (nSPS) is 20.5. The maximum Gasteiger partial charge on any atom is 0.263 e. The van der Waals surface area contributed by atoms with Crippen LogP contribution in [0.3, 0.4) is 0 Å². The van der Waals surface area contributed by atoms with Crippen LogP contribution in [0.15, 0.2) is 30.6 Å². The van der Waals surface area contributed by atoms with Crippen molar-refractivity contribution < 1.29 is 14.3 Å². The quantitative estimate of drug-likeness (QED) is 0.795. The zero-order valence-corrected chi connectivity index (χ0v) is 15.8. The largest absolute Gasteiger partial charge is 0.481 e. The lowest BCUT2D eigenvalue weighted by Crippen LogP contribution is -2.49. The maximum atomic E-state index is 12.8. The zero-order chi connectivity index (χ0) is 19.5. The van der Waals surface area contributed by atoms with E-state index in [2.05, 4.69) is 20.8 Å². The van der Waals surface area contributed by atoms with E-state index in [9.17, 15) is 9.59 Å². The molecule has 4 rings (SSSR count). The standard InChI is InChI=1S/C19H24N6O3/c1-13(28-17-8-6-16(7-9-17)25-12-20-22-23-25)19(27)24-10-2-3-14(11-24)18(26)21-15-4-5-15/h6-9,12-15H,2-5,10-11H2,1H3,(H,21,26). The number of aromatic nitrogens is 4. The molecule has 2 heterocycles. The summed E-state index contributed by atoms with van der Waals surface area (Å²) in [6.45, 7) is 2.87. The lowest BCUT2D eigenvalue weighted by Gasteiger charge is -2.33. The molecule has 2 aromatic rings. The number of hydrogen-bond acceptors (Lipinski definition) is 6. The number of piperidine rings is 1. The number of carbonyl (C=O) groups excluding carboxylic acids is 2. The number of nitrogens with one attached hydrogen (secondary N) is 1. The van der Waals surface area contributed by atoms with Gasteiger partial charge in [0, 0.05) is 19.1 Å². The van der Waals surface area contributed by atoms with Crippen molar-refractivity contribution in [2.45, 2.75) is 44.8 Å². The highest BCUT2D eigenvalue weighted by Gasteiger charge is 2.33. The second kappa shape index (κ2) is 7.95. The summed E-state index contributed by atoms with van der Waals surface area (Å²) in [4.78, 5) is 26.9. The van der Waals surface area contributed by atoms with Gasteiger partial charge in [0.05, 0.1) is 11.6 Å². The van der Waals surface area contributed by atoms with E-state index in [4.69, 9.17) is 4.74 Å². The molecule has 0 spiro atoms. The number of likely N-dealkylation sites (tertiary alicyclic amines) is 1. The number of benzene rings is 1. The van der Waals surface area contributed by atoms with Crippen LogP contribution in [0.2, 0.25) is 0 Å². The Bertz CT molecular complexity index is 819. The smallest absolute Gasteiger partial charge is 0.263 e. The highest BCUT2D eigenvalue weighted by molar-refractivity contribution is 5.83. The van der Waals surface area contributed by atoms with Gasteiger partial charge in [-0.25, -0.2) is 4.68 Å². The Kier molecular flexibility index (Phi) is 5.23. The number of tetrazole rings is 1. The van der Waals surface area contributed by atoms with E-state index in [0.29, 0.717) is 24.9 Å². The van der Waals surface area contributed by atoms with Gasteiger partial charge in [-0.3, -0.25) is 9.59 Å². The Hall–Kier alpha value is -2.97. The van der Waals surface area contributed by atoms with Gasteiger partial charge in [0.25, 0.3) is 5.91 Å². The summed E-state index contributed by atoms with van der Waals surface area (Å²) in [5, 5.41) is 14.1. The van der Waals surface area contributed by atoms with Crippen LogP contribution in [0.4, 0.5) is 0 Å². The summed E-state index contributed by atoms with van der Waals surface area (Å²) in [5.41, 5.74) is 0.803. The van der Waals surface area contributed by atoms with Crippen molar-refractivity contribution in [3.05, 3.63) is 30.6 Å². The minimum absolute atomic E-state index is 0.0757. The number of rotatable bonds is 6. The van der Waals surface area contributed by atoms with Crippen molar-refractivity contribution in [3.8, 4) is 11.4 Å². The first-order chi connectivity index (χ1) is 13.6. The minimum Gasteiger partial charge on any atom is -0.481 e. The lowest BCUT2D eigenvalue weighted by molar-refractivity contribution is -0.141. The number of amides is 2. The molecule has 1 N–H and O–H groups in total. The molecule has 28 heavy (non-hydrogen) atoms. The number of hydrogen-bond donors (Lipinski definition) is 1. The van der Waals surface area contributed by atoms with Crippen molar-refractivity contribution in [2.24, 2.45) is 5.92 Å². The molecule has 9 heteroatoms. The number of carbonyl (C=O) groups is 2. The van der Waals surface area contributed by atoms with Crippen LogP contribution >= 0.6 is 0 Å². The van der Waals surface area contributed by atoms with Crippen LogP contribution in [0.25, 0.3) is 5.69 Å². The summed E-state index contributed by atoms with van der Waals surface area (Å²) < 4.78 is 7.36. The second-order valence-electron chi connectivity index (χ2n) is 7.41. The highest BCUT2D eigenvalue weighted by atomic mass is 16.5. The Labute approximate surface area is 163 Å². The molecule has 9 nitrogen and oxygen atoms in total. The van der Waals surface area contributed by atoms with Crippen LogP contribution < -0.4 is 10.1 Å². The molecule has 0 radical (unpaired) electrons. The first kappa shape index (κ1) is 18.4. The predicted molar refractivity (Wildman–Crippen MR) is 99.7 cm³/mol. The van der Waals surface area contributed by atoms with Crippen molar-refractivity contribution >= 4 is 11.8 Å². The Morgan fingerprint density at radius 1 is 1.21 bits per heavy atom. The predicted octanol–water partition coefficient (Wildman–Crippen LogP) is 0.947. The first-order valence-electron chi connectivity index (χ1n) is 9.69. The van der Waals surface area contributed by atoms with E-state index in [0.717, 1.165) is 31.4 Å². The van der Waals surface area contributed by atoms with Gasteiger partial charge in [-0.15, -0.1) is 5.10 Å². The van der Waals surface area contributed by atoms with Crippen LogP contribution in [0.5, 0.6) is 5.75 Å². The van der Waals surface area contributed by atoms with E-state index in [1.165, 1.54) is 6.33 Å². The van der Waals surface area contributed by atoms with Crippen molar-refractivity contribution in [1.29, 1.82) is 0 Å². The fourth-order valence-electron chi connectivity index (χ4n) is 3.41. The van der Waals surface area contributed by atoms with Crippen LogP contribution in [-0.4, -0.2) is 62.2 Å². The molecule has 1 aliphatic heterocycles. The van der Waals surface area contributed by atoms with Crippen molar-refractivity contribution in [3.63, 3.8) is 0 Å². The van der Waals surface area contributed by atoms with Gasteiger partial charge >= 0.3 is 0 Å². The number of ether oxygens (including phenoxy) is 1. The van der Waals surface area contributed by atoms with E-state index in [1.54, 1.807) is 28.6 Å². The topological polar surface area (TPSA) is 102 Å². The Balaban J connectivity index is 1.32.